The first-order valence-corrected chi connectivity index (χ1v) is 40.4. The molecular weight excluding hydrogens is 1320 g/mol. The summed E-state index contributed by atoms with van der Waals surface area (Å²) < 4.78 is 34.4. The summed E-state index contributed by atoms with van der Waals surface area (Å²) in [6.45, 7) is 1.60. The quantitative estimate of drug-likeness (QED) is 0.0199. The molecule has 3 heterocycles. The number of allylic oxidation sites excluding steroid dienone is 21. The number of ether oxygens (including phenoxy) is 6. The van der Waals surface area contributed by atoms with Crippen LogP contribution in [0, 0.1) is 0 Å². The summed E-state index contributed by atoms with van der Waals surface area (Å²) in [6.07, 6.45) is 64.3. The van der Waals surface area contributed by atoms with E-state index in [2.05, 4.69) is 141 Å². The molecule has 0 aromatic rings. The lowest BCUT2D eigenvalue weighted by molar-refractivity contribution is -0.379. The Bertz CT molecular complexity index is 2400. The van der Waals surface area contributed by atoms with Gasteiger partial charge >= 0.3 is 0 Å². The number of hydrogen-bond acceptors (Lipinski definition) is 18. The van der Waals surface area contributed by atoms with Crippen LogP contribution in [0.15, 0.2) is 134 Å². The lowest BCUT2D eigenvalue weighted by Gasteiger charge is -2.48. The van der Waals surface area contributed by atoms with Gasteiger partial charge in [0.1, 0.15) is 73.2 Å². The molecule has 17 unspecified atom stereocenters. The van der Waals surface area contributed by atoms with Crippen LogP contribution in [0.5, 0.6) is 0 Å². The number of rotatable bonds is 62. The Morgan fingerprint density at radius 2 is 0.673 bits per heavy atom. The van der Waals surface area contributed by atoms with Crippen molar-refractivity contribution in [2.45, 2.75) is 369 Å². The van der Waals surface area contributed by atoms with Crippen LogP contribution < -0.4 is 5.32 Å². The van der Waals surface area contributed by atoms with Crippen molar-refractivity contribution in [2.24, 2.45) is 0 Å². The average molecular weight is 1470 g/mol. The zero-order chi connectivity index (χ0) is 75.3. The summed E-state index contributed by atoms with van der Waals surface area (Å²) in [5, 5.41) is 121. The molecule has 3 aliphatic rings. The molecule has 0 saturated carbocycles. The molecule has 3 rings (SSSR count). The Morgan fingerprint density at radius 1 is 0.356 bits per heavy atom. The third-order valence-corrected chi connectivity index (χ3v) is 19.2. The van der Waals surface area contributed by atoms with Crippen LogP contribution in [0.1, 0.15) is 264 Å². The van der Waals surface area contributed by atoms with Gasteiger partial charge in [-0.1, -0.05) is 289 Å². The van der Waals surface area contributed by atoms with E-state index in [-0.39, 0.29) is 18.9 Å². The van der Waals surface area contributed by atoms with E-state index in [1.807, 2.05) is 6.08 Å². The largest absolute Gasteiger partial charge is 0.394 e. The van der Waals surface area contributed by atoms with E-state index in [1.54, 1.807) is 6.08 Å². The van der Waals surface area contributed by atoms with Crippen LogP contribution in [0.4, 0.5) is 0 Å². The van der Waals surface area contributed by atoms with Crippen LogP contribution in [0.2, 0.25) is 0 Å². The number of amides is 1. The monoisotopic (exact) mass is 1470 g/mol. The number of carbonyl (C=O) groups is 1. The molecule has 0 bridgehead atoms. The number of hydrogen-bond donors (Lipinski definition) is 12. The Labute approximate surface area is 626 Å². The minimum atomic E-state index is -1.99. The van der Waals surface area contributed by atoms with Crippen LogP contribution >= 0.6 is 0 Å². The van der Waals surface area contributed by atoms with Gasteiger partial charge in [0.25, 0.3) is 0 Å². The maximum atomic E-state index is 13.5. The van der Waals surface area contributed by atoms with E-state index in [1.165, 1.54) is 122 Å². The maximum absolute atomic E-state index is 13.5. The maximum Gasteiger partial charge on any atom is 0.220 e. The van der Waals surface area contributed by atoms with E-state index in [9.17, 15) is 61.0 Å². The second kappa shape index (κ2) is 63.8. The van der Waals surface area contributed by atoms with E-state index in [0.717, 1.165) is 109 Å². The molecule has 1 amide bonds. The number of unbranched alkanes of at least 4 members (excludes halogenated alkanes) is 26. The minimum absolute atomic E-state index is 0.204. The number of aliphatic hydroxyl groups excluding tert-OH is 11. The van der Waals surface area contributed by atoms with Gasteiger partial charge in [-0.25, -0.2) is 0 Å². The summed E-state index contributed by atoms with van der Waals surface area (Å²) >= 11 is 0. The van der Waals surface area contributed by atoms with Crippen molar-refractivity contribution in [2.75, 3.05) is 26.4 Å². The zero-order valence-electron chi connectivity index (χ0n) is 63.7. The summed E-state index contributed by atoms with van der Waals surface area (Å²) in [4.78, 5) is 13.5. The third kappa shape index (κ3) is 43.2. The SMILES string of the molecule is CC/C=C\C/C=C\C/C=C\C/C=C\C/C=C\C/C=C\C/C=C\C/C=C\C/C=C\CCCCCCCC(=O)NC(COC1OC(CO)C(OC2OC(CO)C(OC3OC(CO)C(O)C(O)C3O)C(O)C2O)C(O)C1O)C(O)/C=C/CC/C=C/CCCCCCCCCCCCCCCCCCCCCC. The van der Waals surface area contributed by atoms with Gasteiger partial charge in [-0.15, -0.1) is 0 Å². The molecule has 0 aromatic carbocycles. The van der Waals surface area contributed by atoms with Crippen molar-refractivity contribution in [1.29, 1.82) is 0 Å². The summed E-state index contributed by atoms with van der Waals surface area (Å²) in [7, 11) is 0. The zero-order valence-corrected chi connectivity index (χ0v) is 63.7. The second-order valence-electron chi connectivity index (χ2n) is 28.1. The van der Waals surface area contributed by atoms with Gasteiger partial charge in [0.2, 0.25) is 5.91 Å². The van der Waals surface area contributed by atoms with Crippen molar-refractivity contribution in [3.63, 3.8) is 0 Å². The van der Waals surface area contributed by atoms with Gasteiger partial charge in [0.05, 0.1) is 38.6 Å². The Hall–Kier alpha value is -4.07. The molecule has 17 atom stereocenters. The van der Waals surface area contributed by atoms with Gasteiger partial charge in [0.15, 0.2) is 18.9 Å². The topological polar surface area (TPSA) is 307 Å². The standard InChI is InChI=1S/C85H143NO18/c1-3-5-7-9-11-13-15-17-19-21-23-25-27-29-31-32-33-34-35-36-37-39-41-43-45-47-49-51-53-55-57-59-61-63-73(91)86-68(69(90)62-60-58-56-54-52-50-48-46-44-42-40-38-30-28-26-24-22-20-18-16-14-12-10-8-6-4-2)67-99-83-79(97)76(94)81(71(65-88)101-83)104-85-80(98)77(95)82(72(66-89)102-85)103-84-78(96)75(93)74(92)70(64-87)100-84/h5,7,11,13,17,19,23,25,29,31,33-34,36-37,41,43,47,49,52,54,60,62,68-72,74-85,87-90,92-98H,3-4,6,8-10,12,14-16,18,20-22,24,26-28,30,32,35,38-40,42,44-46,48,50-51,53,55-59,61,63-67H2,1-2H3,(H,86,91)/b7-5-,13-11-,19-17-,25-23-,31-29-,34-33-,37-36-,43-41-,49-47-,54-52+,62-60+. The van der Waals surface area contributed by atoms with Crippen molar-refractivity contribution >= 4 is 5.91 Å². The van der Waals surface area contributed by atoms with E-state index in [4.69, 9.17) is 28.4 Å². The fraction of sp³-hybridized carbons (Fsp3) is 0.729. The van der Waals surface area contributed by atoms with Crippen molar-refractivity contribution in [1.82, 2.24) is 5.32 Å². The molecule has 596 valence electrons. The highest BCUT2D eigenvalue weighted by molar-refractivity contribution is 5.76. The predicted molar refractivity (Wildman–Crippen MR) is 415 cm³/mol. The molecule has 3 fully saturated rings. The van der Waals surface area contributed by atoms with E-state index < -0.39 is 124 Å². The lowest BCUT2D eigenvalue weighted by atomic mass is 9.96. The highest BCUT2D eigenvalue weighted by Crippen LogP contribution is 2.33. The summed E-state index contributed by atoms with van der Waals surface area (Å²) in [6, 6.07) is -1.01. The van der Waals surface area contributed by atoms with E-state index >= 15 is 0 Å². The number of carbonyl (C=O) groups excluding carboxylic acids is 1. The first-order valence-electron chi connectivity index (χ1n) is 40.4. The van der Waals surface area contributed by atoms with Crippen molar-refractivity contribution in [3.8, 4) is 0 Å². The normalized spacial score (nSPS) is 26.6. The minimum Gasteiger partial charge on any atom is -0.394 e. The lowest BCUT2D eigenvalue weighted by Crippen LogP contribution is -2.66. The van der Waals surface area contributed by atoms with E-state index in [0.29, 0.717) is 12.8 Å². The van der Waals surface area contributed by atoms with Crippen LogP contribution in [-0.2, 0) is 33.2 Å². The van der Waals surface area contributed by atoms with Gasteiger partial charge < -0.3 is 89.9 Å². The average Bonchev–Trinajstić information content (AvgIpc) is 0.783. The predicted octanol–water partition coefficient (Wildman–Crippen LogP) is 13.7. The second-order valence-corrected chi connectivity index (χ2v) is 28.1. The van der Waals surface area contributed by atoms with Gasteiger partial charge in [-0.3, -0.25) is 4.79 Å². The summed E-state index contributed by atoms with van der Waals surface area (Å²) in [5.41, 5.74) is 0. The molecule has 19 heteroatoms. The fourth-order valence-electron chi connectivity index (χ4n) is 12.7. The van der Waals surface area contributed by atoms with Crippen LogP contribution in [-0.4, -0.2) is 193 Å². The van der Waals surface area contributed by atoms with Crippen LogP contribution in [0.25, 0.3) is 0 Å². The van der Waals surface area contributed by atoms with Crippen LogP contribution in [0.3, 0.4) is 0 Å². The molecule has 0 aliphatic carbocycles. The molecular formula is C85H143NO18. The third-order valence-electron chi connectivity index (χ3n) is 19.2. The summed E-state index contributed by atoms with van der Waals surface area (Å²) in [5.74, 6) is -0.308. The van der Waals surface area contributed by atoms with Gasteiger partial charge in [0, 0.05) is 6.42 Å². The van der Waals surface area contributed by atoms with Gasteiger partial charge in [-0.05, 0) is 103 Å². The van der Waals surface area contributed by atoms with Gasteiger partial charge in [-0.2, -0.15) is 0 Å². The molecule has 0 spiro atoms. The molecule has 3 saturated heterocycles. The Kier molecular flexibility index (Phi) is 57.8. The fourth-order valence-corrected chi connectivity index (χ4v) is 12.7. The van der Waals surface area contributed by atoms with Crippen molar-refractivity contribution in [3.05, 3.63) is 134 Å². The highest BCUT2D eigenvalue weighted by Gasteiger charge is 2.54. The van der Waals surface area contributed by atoms with Crippen molar-refractivity contribution < 1.29 is 89.4 Å². The molecule has 104 heavy (non-hydrogen) atoms. The molecule has 0 aromatic heterocycles. The Morgan fingerprint density at radius 3 is 1.08 bits per heavy atom. The molecule has 3 aliphatic heterocycles. The molecule has 0 radical (unpaired) electrons. The smallest absolute Gasteiger partial charge is 0.220 e. The number of aliphatic hydroxyl groups is 11. The first-order chi connectivity index (χ1) is 50.8. The highest BCUT2D eigenvalue weighted by atomic mass is 16.8. The molecule has 19 nitrogen and oxygen atoms in total. The first kappa shape index (κ1) is 94.1. The molecule has 12 N–H and O–H groups in total. The number of nitrogens with one attached hydrogen (secondary N) is 1. The Balaban J connectivity index is 1.41.